The van der Waals surface area contributed by atoms with Gasteiger partial charge in [-0.3, -0.25) is 4.79 Å². The summed E-state index contributed by atoms with van der Waals surface area (Å²) in [5.74, 6) is -12.1. The molecule has 0 bridgehead atoms. The van der Waals surface area contributed by atoms with Crippen molar-refractivity contribution in [2.45, 2.75) is 38.0 Å². The maximum Gasteiger partial charge on any atom is 0.436 e. The van der Waals surface area contributed by atoms with Crippen LogP contribution >= 0.6 is 11.6 Å². The second-order valence-electron chi connectivity index (χ2n) is 7.65. The number of hydrogen-bond acceptors (Lipinski definition) is 2. The van der Waals surface area contributed by atoms with E-state index in [1.54, 1.807) is 0 Å². The molecule has 2 nitrogen and oxygen atoms in total. The van der Waals surface area contributed by atoms with Gasteiger partial charge in [0.2, 0.25) is 0 Å². The molecule has 2 atom stereocenters. The molecule has 15 heteroatoms. The smallest absolute Gasteiger partial charge is 0.397 e. The molecule has 0 spiro atoms. The third-order valence-corrected chi connectivity index (χ3v) is 5.56. The molecule has 1 aromatic carbocycles. The summed E-state index contributed by atoms with van der Waals surface area (Å²) in [6.07, 6.45) is -18.1. The van der Waals surface area contributed by atoms with Crippen LogP contribution in [0.2, 0.25) is 0 Å². The Hall–Kier alpha value is -2.12. The first-order valence-electron chi connectivity index (χ1n) is 8.55. The molecule has 33 heavy (non-hydrogen) atoms. The summed E-state index contributed by atoms with van der Waals surface area (Å²) < 4.78 is 162. The first kappa shape index (κ1) is 27.1. The Balaban J connectivity index is 2.34. The molecule has 0 aliphatic heterocycles. The normalized spacial score (nSPS) is 21.7. The molecule has 2 unspecified atom stereocenters. The minimum atomic E-state index is -6.55. The van der Waals surface area contributed by atoms with Gasteiger partial charge in [0.1, 0.15) is 5.56 Å². The van der Waals surface area contributed by atoms with Crippen LogP contribution in [-0.4, -0.2) is 24.0 Å². The fraction of sp³-hybridized carbons (Fsp3) is 0.500. The average Bonchev–Trinajstić information content (AvgIpc) is 3.16. The molecular weight excluding hydrogens is 512 g/mol. The quantitative estimate of drug-likeness (QED) is 0.238. The number of esters is 1. The monoisotopic (exact) mass is 522 g/mol. The number of halogens is 13. The number of carbonyl (C=O) groups excluding carboxylic acids is 1. The molecule has 0 radical (unpaired) electrons. The lowest BCUT2D eigenvalue weighted by molar-refractivity contribution is -0.323. The van der Waals surface area contributed by atoms with Crippen molar-refractivity contribution < 1.29 is 62.2 Å². The first-order valence-corrected chi connectivity index (χ1v) is 8.93. The number of alkyl halides is 9. The third-order valence-electron chi connectivity index (χ3n) is 5.18. The van der Waals surface area contributed by atoms with Crippen molar-refractivity contribution in [1.29, 1.82) is 0 Å². The van der Waals surface area contributed by atoms with Crippen LogP contribution in [0.3, 0.4) is 0 Å². The van der Waals surface area contributed by atoms with Crippen molar-refractivity contribution in [3.8, 4) is 0 Å². The number of rotatable bonds is 5. The second kappa shape index (κ2) is 7.98. The predicted octanol–water partition coefficient (Wildman–Crippen LogP) is 6.92. The summed E-state index contributed by atoms with van der Waals surface area (Å²) in [5, 5.41) is -2.41. The zero-order valence-electron chi connectivity index (χ0n) is 16.1. The van der Waals surface area contributed by atoms with Crippen LogP contribution < -0.4 is 0 Å². The van der Waals surface area contributed by atoms with Gasteiger partial charge in [0.15, 0.2) is 17.5 Å². The summed E-state index contributed by atoms with van der Waals surface area (Å²) in [6, 6.07) is 0.147. The van der Waals surface area contributed by atoms with Crippen LogP contribution in [0, 0.1) is 34.7 Å². The molecule has 1 aromatic rings. The van der Waals surface area contributed by atoms with Crippen molar-refractivity contribution in [2.24, 2.45) is 17.3 Å². The standard InChI is InChI=1S/C18H11ClF12O2/c1-14(2)7(5-9(19)15(23,17(26,27)28)18(29,30)31)10(14)13(32)33-16(24,25)6-3-4-8(20)12(22)11(6)21/h3-5,7,10H,1-2H3. The molecule has 1 fully saturated rings. The second-order valence-corrected chi connectivity index (χ2v) is 8.06. The Morgan fingerprint density at radius 1 is 0.939 bits per heavy atom. The number of ether oxygens (including phenoxy) is 1. The van der Waals surface area contributed by atoms with Crippen LogP contribution in [0.5, 0.6) is 0 Å². The maximum absolute atomic E-state index is 14.1. The lowest BCUT2D eigenvalue weighted by Gasteiger charge is -2.29. The molecule has 1 aliphatic carbocycles. The van der Waals surface area contributed by atoms with E-state index in [0.29, 0.717) is 0 Å². The average molecular weight is 523 g/mol. The van der Waals surface area contributed by atoms with E-state index in [9.17, 15) is 57.5 Å². The van der Waals surface area contributed by atoms with Crippen molar-refractivity contribution in [1.82, 2.24) is 0 Å². The van der Waals surface area contributed by atoms with Gasteiger partial charge in [-0.1, -0.05) is 31.5 Å². The first-order chi connectivity index (χ1) is 14.6. The van der Waals surface area contributed by atoms with Crippen molar-refractivity contribution in [2.75, 3.05) is 0 Å². The Morgan fingerprint density at radius 2 is 1.42 bits per heavy atom. The van der Waals surface area contributed by atoms with Gasteiger partial charge < -0.3 is 4.74 Å². The molecule has 0 aromatic heterocycles. The Bertz CT molecular complexity index is 966. The van der Waals surface area contributed by atoms with Gasteiger partial charge in [0.05, 0.1) is 11.0 Å². The maximum atomic E-state index is 14.1. The van der Waals surface area contributed by atoms with E-state index in [4.69, 9.17) is 11.6 Å². The topological polar surface area (TPSA) is 26.3 Å². The summed E-state index contributed by atoms with van der Waals surface area (Å²) in [7, 11) is 0. The van der Waals surface area contributed by atoms with Gasteiger partial charge in [-0.25, -0.2) is 17.6 Å². The largest absolute Gasteiger partial charge is 0.436 e. The Morgan fingerprint density at radius 3 is 1.88 bits per heavy atom. The van der Waals surface area contributed by atoms with Crippen LogP contribution in [0.4, 0.5) is 52.7 Å². The van der Waals surface area contributed by atoms with E-state index >= 15 is 0 Å². The van der Waals surface area contributed by atoms with Crippen molar-refractivity contribution in [3.63, 3.8) is 0 Å². The van der Waals surface area contributed by atoms with E-state index in [0.717, 1.165) is 13.8 Å². The fourth-order valence-corrected chi connectivity index (χ4v) is 3.49. The summed E-state index contributed by atoms with van der Waals surface area (Å²) >= 11 is 4.99. The highest BCUT2D eigenvalue weighted by Gasteiger charge is 2.75. The highest BCUT2D eigenvalue weighted by molar-refractivity contribution is 6.31. The van der Waals surface area contributed by atoms with E-state index in [2.05, 4.69) is 4.74 Å². The van der Waals surface area contributed by atoms with E-state index in [1.165, 1.54) is 0 Å². The van der Waals surface area contributed by atoms with E-state index in [-0.39, 0.29) is 18.2 Å². The van der Waals surface area contributed by atoms with Gasteiger partial charge in [0.25, 0.3) is 0 Å². The van der Waals surface area contributed by atoms with Crippen LogP contribution in [0.15, 0.2) is 23.2 Å². The van der Waals surface area contributed by atoms with Crippen LogP contribution in [0.25, 0.3) is 0 Å². The number of hydrogen-bond donors (Lipinski definition) is 0. The summed E-state index contributed by atoms with van der Waals surface area (Å²) in [6.45, 7) is 2.06. The molecule has 1 aliphatic rings. The van der Waals surface area contributed by atoms with Gasteiger partial charge in [-0.15, -0.1) is 0 Å². The Kier molecular flexibility index (Phi) is 6.56. The van der Waals surface area contributed by atoms with Gasteiger partial charge >= 0.3 is 30.1 Å². The minimum Gasteiger partial charge on any atom is -0.397 e. The molecule has 0 heterocycles. The van der Waals surface area contributed by atoms with E-state index in [1.807, 2.05) is 0 Å². The minimum absolute atomic E-state index is 0.0530. The van der Waals surface area contributed by atoms with Crippen molar-refractivity contribution >= 4 is 17.6 Å². The molecule has 186 valence electrons. The Labute approximate surface area is 182 Å². The van der Waals surface area contributed by atoms with Crippen LogP contribution in [-0.2, 0) is 15.6 Å². The van der Waals surface area contributed by atoms with Crippen molar-refractivity contribution in [3.05, 3.63) is 46.3 Å². The zero-order chi connectivity index (χ0) is 25.9. The van der Waals surface area contributed by atoms with Gasteiger partial charge in [-0.2, -0.15) is 35.1 Å². The molecule has 0 amide bonds. The number of benzene rings is 1. The number of allylic oxidation sites excluding steroid dienone is 2. The lowest BCUT2D eigenvalue weighted by Crippen LogP contribution is -2.53. The third kappa shape index (κ3) is 4.50. The van der Waals surface area contributed by atoms with E-state index < -0.39 is 75.4 Å². The predicted molar refractivity (Wildman–Crippen MR) is 86.9 cm³/mol. The highest BCUT2D eigenvalue weighted by atomic mass is 35.5. The summed E-state index contributed by atoms with van der Waals surface area (Å²) in [4.78, 5) is 12.1. The summed E-state index contributed by atoms with van der Waals surface area (Å²) in [5.41, 5.74) is -9.55. The molecular formula is C18H11ClF12O2. The van der Waals surface area contributed by atoms with Gasteiger partial charge in [-0.05, 0) is 23.5 Å². The fourth-order valence-electron chi connectivity index (χ4n) is 3.14. The molecule has 0 N–H and O–H groups in total. The number of carbonyl (C=O) groups is 1. The van der Waals surface area contributed by atoms with Crippen LogP contribution in [0.1, 0.15) is 19.4 Å². The molecule has 2 rings (SSSR count). The van der Waals surface area contributed by atoms with Gasteiger partial charge in [0, 0.05) is 0 Å². The highest BCUT2D eigenvalue weighted by Crippen LogP contribution is 2.62. The SMILES string of the molecule is CC1(C)C(C=C(Cl)C(F)(C(F)(F)F)C(F)(F)F)C1C(=O)OC(F)(F)c1ccc(F)c(F)c1F. The zero-order valence-corrected chi connectivity index (χ0v) is 16.9. The molecule has 0 saturated heterocycles. The lowest BCUT2D eigenvalue weighted by atomic mass is 10.0. The molecule has 1 saturated carbocycles.